The summed E-state index contributed by atoms with van der Waals surface area (Å²) in [6.07, 6.45) is 1.78. The first-order valence-electron chi connectivity index (χ1n) is 8.66. The highest BCUT2D eigenvalue weighted by Gasteiger charge is 2.42. The van der Waals surface area contributed by atoms with E-state index in [0.717, 1.165) is 27.8 Å². The number of nitrogens with one attached hydrogen (secondary N) is 1. The monoisotopic (exact) mass is 495 g/mol. The Morgan fingerprint density at radius 1 is 1.19 bits per heavy atom. The molecule has 0 aliphatic heterocycles. The number of fused-ring (bicyclic) bond motifs is 1. The van der Waals surface area contributed by atoms with E-state index in [2.05, 4.69) is 52.8 Å². The second kappa shape index (κ2) is 7.91. The van der Waals surface area contributed by atoms with Gasteiger partial charge in [-0.25, -0.2) is 0 Å². The maximum Gasteiger partial charge on any atom is 0.123 e. The van der Waals surface area contributed by atoms with Crippen molar-refractivity contribution >= 4 is 45.1 Å². The van der Waals surface area contributed by atoms with Gasteiger partial charge in [-0.15, -0.1) is 0 Å². The van der Waals surface area contributed by atoms with E-state index in [9.17, 15) is 0 Å². The molecule has 6 heteroatoms. The summed E-state index contributed by atoms with van der Waals surface area (Å²) in [6.45, 7) is 4.86. The maximum atomic E-state index is 6.89. The van der Waals surface area contributed by atoms with Crippen molar-refractivity contribution in [2.75, 3.05) is 7.11 Å². The van der Waals surface area contributed by atoms with Crippen LogP contribution < -0.4 is 15.8 Å². The lowest BCUT2D eigenvalue weighted by atomic mass is 9.87. The first kappa shape index (κ1) is 20.3. The number of methoxy groups -OCH3 is 1. The predicted octanol–water partition coefficient (Wildman–Crippen LogP) is 5.01. The molecule has 0 radical (unpaired) electrons. The van der Waals surface area contributed by atoms with Gasteiger partial charge in [0.15, 0.2) is 0 Å². The molecule has 0 saturated heterocycles. The molecule has 1 aromatic heterocycles. The fourth-order valence-electron chi connectivity index (χ4n) is 3.07. The molecule has 2 aromatic carbocycles. The summed E-state index contributed by atoms with van der Waals surface area (Å²) < 4.78 is 4.78. The van der Waals surface area contributed by atoms with Gasteiger partial charge >= 0.3 is 0 Å². The van der Waals surface area contributed by atoms with Gasteiger partial charge in [0.05, 0.1) is 12.6 Å². The van der Waals surface area contributed by atoms with Gasteiger partial charge in [0.2, 0.25) is 0 Å². The number of hydrogen-bond acceptors (Lipinski definition) is 4. The van der Waals surface area contributed by atoms with Crippen molar-refractivity contribution in [2.24, 2.45) is 5.73 Å². The first-order chi connectivity index (χ1) is 12.8. The van der Waals surface area contributed by atoms with Crippen LogP contribution in [0.1, 0.15) is 25.0 Å². The zero-order valence-electron chi connectivity index (χ0n) is 15.6. The van der Waals surface area contributed by atoms with Crippen molar-refractivity contribution in [3.63, 3.8) is 0 Å². The summed E-state index contributed by atoms with van der Waals surface area (Å²) in [6, 6.07) is 15.7. The number of para-hydroxylation sites is 1. The van der Waals surface area contributed by atoms with Crippen LogP contribution in [0, 0.1) is 0 Å². The minimum atomic E-state index is -0.679. The number of nitrogens with two attached hydrogens (primary N) is 1. The van der Waals surface area contributed by atoms with Gasteiger partial charge < -0.3 is 15.8 Å². The molecule has 3 N–H and O–H groups in total. The Morgan fingerprint density at radius 3 is 2.67 bits per heavy atom. The summed E-state index contributed by atoms with van der Waals surface area (Å²) in [7, 11) is 1.68. The van der Waals surface area contributed by atoms with Crippen molar-refractivity contribution in [3.8, 4) is 5.75 Å². The zero-order valence-corrected chi connectivity index (χ0v) is 18.5. The molecule has 142 valence electrons. The number of alkyl halides is 1. The van der Waals surface area contributed by atoms with E-state index in [1.165, 1.54) is 0 Å². The standard InChI is InChI=1S/C21H23ClIN3O/c1-20(2,26-13-14-6-4-5-7-19(14)27-3)21(23,24)17-10-11-25-18-12-15(22)8-9-16(17)18/h4-12,26H,13,24H2,1-3H3. The summed E-state index contributed by atoms with van der Waals surface area (Å²) in [4.78, 5) is 4.43. The van der Waals surface area contributed by atoms with Crippen molar-refractivity contribution in [1.82, 2.24) is 10.3 Å². The number of pyridine rings is 1. The van der Waals surface area contributed by atoms with E-state index in [0.29, 0.717) is 11.6 Å². The molecule has 4 nitrogen and oxygen atoms in total. The van der Waals surface area contributed by atoms with E-state index < -0.39 is 9.08 Å². The minimum Gasteiger partial charge on any atom is -0.496 e. The highest BCUT2D eigenvalue weighted by atomic mass is 127. The van der Waals surface area contributed by atoms with Crippen LogP contribution in [-0.2, 0) is 10.1 Å². The zero-order chi connectivity index (χ0) is 19.7. The molecule has 0 aliphatic rings. The second-order valence-corrected chi connectivity index (χ2v) is 9.16. The smallest absolute Gasteiger partial charge is 0.123 e. The Kier molecular flexibility index (Phi) is 5.96. The number of nitrogens with zero attached hydrogens (tertiary/aromatic N) is 1. The van der Waals surface area contributed by atoms with Crippen LogP contribution in [0.3, 0.4) is 0 Å². The lowest BCUT2D eigenvalue weighted by molar-refractivity contribution is 0.304. The molecule has 3 aromatic rings. The van der Waals surface area contributed by atoms with Gasteiger partial charge in [0.1, 0.15) is 9.30 Å². The third-order valence-corrected chi connectivity index (χ3v) is 7.08. The van der Waals surface area contributed by atoms with Crippen LogP contribution in [0.2, 0.25) is 5.02 Å². The van der Waals surface area contributed by atoms with Crippen LogP contribution >= 0.6 is 34.2 Å². The lowest BCUT2D eigenvalue weighted by Crippen LogP contribution is -2.58. The van der Waals surface area contributed by atoms with E-state index in [-0.39, 0.29) is 0 Å². The van der Waals surface area contributed by atoms with Gasteiger partial charge in [0, 0.05) is 34.3 Å². The Hall–Kier alpha value is -1.41. The SMILES string of the molecule is COc1ccccc1CNC(C)(C)C(N)(I)c1ccnc2cc(Cl)ccc12. The quantitative estimate of drug-likeness (QED) is 0.287. The third kappa shape index (κ3) is 4.06. The molecule has 1 heterocycles. The molecule has 3 rings (SSSR count). The Labute approximate surface area is 178 Å². The Morgan fingerprint density at radius 2 is 1.93 bits per heavy atom. The average molecular weight is 496 g/mol. The van der Waals surface area contributed by atoms with E-state index >= 15 is 0 Å². The normalized spacial score (nSPS) is 14.1. The maximum absolute atomic E-state index is 6.89. The lowest BCUT2D eigenvalue weighted by Gasteiger charge is -2.41. The van der Waals surface area contributed by atoms with E-state index in [1.54, 1.807) is 13.3 Å². The van der Waals surface area contributed by atoms with Gasteiger partial charge in [-0.05, 0) is 43.7 Å². The summed E-state index contributed by atoms with van der Waals surface area (Å²) >= 11 is 8.45. The molecular weight excluding hydrogens is 473 g/mol. The number of hydrogen-bond donors (Lipinski definition) is 2. The molecular formula is C21H23ClIN3O. The molecule has 27 heavy (non-hydrogen) atoms. The number of halogens is 2. The summed E-state index contributed by atoms with van der Waals surface area (Å²) in [5.74, 6) is 0.862. The molecule has 0 bridgehead atoms. The third-order valence-electron chi connectivity index (χ3n) is 4.92. The van der Waals surface area contributed by atoms with Gasteiger partial charge in [-0.1, -0.05) is 58.5 Å². The Balaban J connectivity index is 1.93. The molecule has 0 saturated carbocycles. The average Bonchev–Trinajstić information content (AvgIpc) is 2.65. The van der Waals surface area contributed by atoms with Crippen molar-refractivity contribution < 1.29 is 4.74 Å². The fourth-order valence-corrected chi connectivity index (χ4v) is 3.90. The molecule has 0 spiro atoms. The number of aromatic nitrogens is 1. The Bertz CT molecular complexity index is 959. The minimum absolute atomic E-state index is 0.414. The fraction of sp³-hybridized carbons (Fsp3) is 0.286. The van der Waals surface area contributed by atoms with Crippen LogP contribution in [0.15, 0.2) is 54.7 Å². The van der Waals surface area contributed by atoms with Gasteiger partial charge in [0.25, 0.3) is 0 Å². The van der Waals surface area contributed by atoms with Crippen LogP contribution in [-0.4, -0.2) is 17.6 Å². The molecule has 0 amide bonds. The van der Waals surface area contributed by atoms with Gasteiger partial charge in [-0.2, -0.15) is 0 Å². The highest BCUT2D eigenvalue weighted by molar-refractivity contribution is 14.1. The highest BCUT2D eigenvalue weighted by Crippen LogP contribution is 2.40. The van der Waals surface area contributed by atoms with Crippen molar-refractivity contribution in [3.05, 3.63) is 70.9 Å². The van der Waals surface area contributed by atoms with Crippen LogP contribution in [0.4, 0.5) is 0 Å². The molecule has 0 fully saturated rings. The summed E-state index contributed by atoms with van der Waals surface area (Å²) in [5.41, 5.74) is 9.42. The topological polar surface area (TPSA) is 60.2 Å². The van der Waals surface area contributed by atoms with Gasteiger partial charge in [-0.3, -0.25) is 4.98 Å². The number of benzene rings is 2. The summed E-state index contributed by atoms with van der Waals surface area (Å²) in [5, 5.41) is 5.28. The predicted molar refractivity (Wildman–Crippen MR) is 121 cm³/mol. The van der Waals surface area contributed by atoms with Crippen molar-refractivity contribution in [2.45, 2.75) is 29.5 Å². The largest absolute Gasteiger partial charge is 0.496 e. The second-order valence-electron chi connectivity index (χ2n) is 7.02. The first-order valence-corrected chi connectivity index (χ1v) is 10.1. The number of rotatable bonds is 6. The van der Waals surface area contributed by atoms with E-state index in [4.69, 9.17) is 22.1 Å². The molecule has 1 unspecified atom stereocenters. The molecule has 1 atom stereocenters. The van der Waals surface area contributed by atoms with Crippen molar-refractivity contribution in [1.29, 1.82) is 0 Å². The van der Waals surface area contributed by atoms with Crippen LogP contribution in [0.5, 0.6) is 5.75 Å². The number of ether oxygens (including phenoxy) is 1. The molecule has 0 aliphatic carbocycles. The van der Waals surface area contributed by atoms with E-state index in [1.807, 2.05) is 42.5 Å². The van der Waals surface area contributed by atoms with Crippen LogP contribution in [0.25, 0.3) is 10.9 Å².